The second-order valence-corrected chi connectivity index (χ2v) is 5.79. The number of halogens is 1. The summed E-state index contributed by atoms with van der Waals surface area (Å²) in [6, 6.07) is 5.68. The Morgan fingerprint density at radius 2 is 1.89 bits per heavy atom. The van der Waals surface area contributed by atoms with Gasteiger partial charge in [0.15, 0.2) is 11.5 Å². The number of hydrogen-bond acceptors (Lipinski definition) is 5. The van der Waals surface area contributed by atoms with E-state index >= 15 is 0 Å². The van der Waals surface area contributed by atoms with Crippen LogP contribution in [0.5, 0.6) is 11.5 Å². The summed E-state index contributed by atoms with van der Waals surface area (Å²) in [7, 11) is 3.20. The van der Waals surface area contributed by atoms with Gasteiger partial charge in [-0.2, -0.15) is 0 Å². The first kappa shape index (κ1) is 14.0. The third-order valence-electron chi connectivity index (χ3n) is 2.63. The Morgan fingerprint density at radius 3 is 2.47 bits per heavy atom. The van der Waals surface area contributed by atoms with Gasteiger partial charge in [0.1, 0.15) is 0 Å². The maximum Gasteiger partial charge on any atom is 0.162 e. The van der Waals surface area contributed by atoms with Crippen LogP contribution in [0.2, 0.25) is 0 Å². The molecular formula is C13H15BrN2O2S. The lowest BCUT2D eigenvalue weighted by molar-refractivity contribution is 0.355. The highest BCUT2D eigenvalue weighted by Crippen LogP contribution is 2.35. The Balaban J connectivity index is 2.15. The first-order valence-corrected chi connectivity index (χ1v) is 7.29. The lowest BCUT2D eigenvalue weighted by Gasteiger charge is -2.13. The summed E-state index contributed by atoms with van der Waals surface area (Å²) in [6.45, 7) is 0.718. The molecule has 0 radical (unpaired) electrons. The fraction of sp³-hybridized carbons (Fsp3) is 0.231. The normalized spacial score (nSPS) is 10.3. The molecule has 1 heterocycles. The van der Waals surface area contributed by atoms with Crippen molar-refractivity contribution >= 4 is 38.6 Å². The largest absolute Gasteiger partial charge is 0.493 e. The van der Waals surface area contributed by atoms with Crippen LogP contribution in [0.4, 0.5) is 11.4 Å². The Morgan fingerprint density at radius 1 is 1.21 bits per heavy atom. The van der Waals surface area contributed by atoms with E-state index in [2.05, 4.69) is 32.7 Å². The van der Waals surface area contributed by atoms with Crippen LogP contribution in [0.1, 0.15) is 4.88 Å². The van der Waals surface area contributed by atoms with Crippen molar-refractivity contribution in [3.05, 3.63) is 32.9 Å². The second-order valence-electron chi connectivity index (χ2n) is 3.88. The molecule has 1 aromatic carbocycles. The molecule has 0 aliphatic heterocycles. The van der Waals surface area contributed by atoms with Crippen molar-refractivity contribution in [1.29, 1.82) is 0 Å². The van der Waals surface area contributed by atoms with Crippen LogP contribution in [-0.4, -0.2) is 14.2 Å². The molecule has 0 saturated carbocycles. The predicted molar refractivity (Wildman–Crippen MR) is 83.3 cm³/mol. The van der Waals surface area contributed by atoms with Crippen LogP contribution in [0.3, 0.4) is 0 Å². The molecule has 1 aromatic heterocycles. The van der Waals surface area contributed by atoms with Crippen molar-refractivity contribution in [2.45, 2.75) is 6.54 Å². The number of rotatable bonds is 5. The van der Waals surface area contributed by atoms with Gasteiger partial charge in [0, 0.05) is 33.4 Å². The fourth-order valence-corrected chi connectivity index (χ4v) is 3.07. The molecule has 0 fully saturated rings. The van der Waals surface area contributed by atoms with Crippen LogP contribution in [0.25, 0.3) is 0 Å². The maximum absolute atomic E-state index is 5.99. The van der Waals surface area contributed by atoms with E-state index in [0.717, 1.165) is 16.7 Å². The highest BCUT2D eigenvalue weighted by molar-refractivity contribution is 9.10. The van der Waals surface area contributed by atoms with Gasteiger partial charge in [0.25, 0.3) is 0 Å². The fourth-order valence-electron chi connectivity index (χ4n) is 1.68. The first-order valence-electron chi connectivity index (χ1n) is 5.62. The zero-order chi connectivity index (χ0) is 13.8. The molecule has 6 heteroatoms. The van der Waals surface area contributed by atoms with Crippen molar-refractivity contribution in [2.75, 3.05) is 25.3 Å². The van der Waals surface area contributed by atoms with Crippen LogP contribution in [0.15, 0.2) is 28.1 Å². The lowest BCUT2D eigenvalue weighted by atomic mass is 10.2. The molecule has 0 saturated heterocycles. The zero-order valence-electron chi connectivity index (χ0n) is 10.7. The predicted octanol–water partition coefficient (Wildman–Crippen LogP) is 3.72. The van der Waals surface area contributed by atoms with E-state index < -0.39 is 0 Å². The summed E-state index contributed by atoms with van der Waals surface area (Å²) in [5.41, 5.74) is 7.45. The van der Waals surface area contributed by atoms with E-state index in [1.165, 1.54) is 4.88 Å². The van der Waals surface area contributed by atoms with Crippen LogP contribution in [0, 0.1) is 0 Å². The molecule has 0 atom stereocenters. The Kier molecular flexibility index (Phi) is 4.55. The topological polar surface area (TPSA) is 56.5 Å². The minimum atomic E-state index is 0.629. The summed E-state index contributed by atoms with van der Waals surface area (Å²) in [5, 5.41) is 5.35. The third-order valence-corrected chi connectivity index (χ3v) is 4.33. The number of thiophene rings is 1. The number of benzene rings is 1. The SMILES string of the molecule is COc1cc(N)c(NCc2cc(Br)cs2)cc1OC. The molecule has 0 aliphatic carbocycles. The molecule has 0 aliphatic rings. The number of nitrogens with two attached hydrogens (primary N) is 1. The van der Waals surface area contributed by atoms with Gasteiger partial charge in [-0.15, -0.1) is 11.3 Å². The maximum atomic E-state index is 5.99. The van der Waals surface area contributed by atoms with Gasteiger partial charge in [-0.1, -0.05) is 0 Å². The van der Waals surface area contributed by atoms with Gasteiger partial charge in [0.05, 0.1) is 25.6 Å². The minimum Gasteiger partial charge on any atom is -0.493 e. The third kappa shape index (κ3) is 3.33. The van der Waals surface area contributed by atoms with E-state index in [-0.39, 0.29) is 0 Å². The molecule has 0 spiro atoms. The van der Waals surface area contributed by atoms with Gasteiger partial charge in [-0.3, -0.25) is 0 Å². The van der Waals surface area contributed by atoms with Gasteiger partial charge in [-0.05, 0) is 22.0 Å². The van der Waals surface area contributed by atoms with Crippen LogP contribution < -0.4 is 20.5 Å². The average molecular weight is 343 g/mol. The molecular weight excluding hydrogens is 328 g/mol. The van der Waals surface area contributed by atoms with Gasteiger partial charge in [-0.25, -0.2) is 0 Å². The van der Waals surface area contributed by atoms with Crippen LogP contribution in [-0.2, 0) is 6.54 Å². The number of anilines is 2. The molecule has 2 aromatic rings. The van der Waals surface area contributed by atoms with Crippen molar-refractivity contribution in [3.8, 4) is 11.5 Å². The number of nitrogen functional groups attached to an aromatic ring is 1. The van der Waals surface area contributed by atoms with Crippen molar-refractivity contribution < 1.29 is 9.47 Å². The van der Waals surface area contributed by atoms with Gasteiger partial charge in [0.2, 0.25) is 0 Å². The molecule has 0 amide bonds. The molecule has 102 valence electrons. The summed E-state index contributed by atoms with van der Waals surface area (Å²) < 4.78 is 11.6. The van der Waals surface area contributed by atoms with Crippen molar-refractivity contribution in [1.82, 2.24) is 0 Å². The zero-order valence-corrected chi connectivity index (χ0v) is 13.1. The van der Waals surface area contributed by atoms with E-state index in [1.807, 2.05) is 6.07 Å². The highest BCUT2D eigenvalue weighted by Gasteiger charge is 2.09. The molecule has 19 heavy (non-hydrogen) atoms. The lowest BCUT2D eigenvalue weighted by Crippen LogP contribution is -2.02. The number of nitrogens with one attached hydrogen (secondary N) is 1. The van der Waals surface area contributed by atoms with E-state index in [4.69, 9.17) is 15.2 Å². The van der Waals surface area contributed by atoms with Crippen molar-refractivity contribution in [2.24, 2.45) is 0 Å². The summed E-state index contributed by atoms with van der Waals surface area (Å²) in [6.07, 6.45) is 0. The van der Waals surface area contributed by atoms with E-state index in [1.54, 1.807) is 31.6 Å². The molecule has 4 nitrogen and oxygen atoms in total. The minimum absolute atomic E-state index is 0.629. The van der Waals surface area contributed by atoms with Gasteiger partial charge < -0.3 is 20.5 Å². The summed E-state index contributed by atoms with van der Waals surface area (Å²) >= 11 is 5.12. The number of methoxy groups -OCH3 is 2. The molecule has 0 unspecified atom stereocenters. The highest BCUT2D eigenvalue weighted by atomic mass is 79.9. The number of hydrogen-bond donors (Lipinski definition) is 2. The Bertz CT molecular complexity index is 572. The second kappa shape index (κ2) is 6.16. The molecule has 2 rings (SSSR count). The molecule has 0 bridgehead atoms. The standard InChI is InChI=1S/C13H15BrN2O2S/c1-17-12-4-10(15)11(5-13(12)18-2)16-6-9-3-8(14)7-19-9/h3-5,7,16H,6,15H2,1-2H3. The van der Waals surface area contributed by atoms with Gasteiger partial charge >= 0.3 is 0 Å². The Labute approximate surface area is 124 Å². The Hall–Kier alpha value is -1.40. The van der Waals surface area contributed by atoms with Crippen molar-refractivity contribution in [3.63, 3.8) is 0 Å². The van der Waals surface area contributed by atoms with E-state index in [0.29, 0.717) is 17.2 Å². The monoisotopic (exact) mass is 342 g/mol. The van der Waals surface area contributed by atoms with Crippen LogP contribution >= 0.6 is 27.3 Å². The summed E-state index contributed by atoms with van der Waals surface area (Å²) in [4.78, 5) is 1.22. The smallest absolute Gasteiger partial charge is 0.162 e. The summed E-state index contributed by atoms with van der Waals surface area (Å²) in [5.74, 6) is 1.29. The quantitative estimate of drug-likeness (QED) is 0.813. The number of ether oxygens (including phenoxy) is 2. The first-order chi connectivity index (χ1) is 9.13. The average Bonchev–Trinajstić information content (AvgIpc) is 2.82. The van der Waals surface area contributed by atoms with E-state index in [9.17, 15) is 0 Å². The molecule has 3 N–H and O–H groups in total.